The maximum absolute atomic E-state index is 12.2. The largest absolute Gasteiger partial charge is 0.481 e. The standard InChI is InChI=1S/C30H50O5/c1-25(2,18-31)21-11-15-28(6)22(27(21,5)17-23(33)34)16-20(32)24-19(10-14-29(24,28)7)30(8)13-9-12-26(3,4)35-30/h18-22,24,32H,9-17H2,1-8H3,(H,33,34)/t19-,20+,21-,22+,24-,27-,28+,29+,30+/m0/s1. The highest BCUT2D eigenvalue weighted by molar-refractivity contribution is 5.68. The molecule has 0 bridgehead atoms. The van der Waals surface area contributed by atoms with Gasteiger partial charge in [-0.05, 0) is 112 Å². The number of hydrogen-bond acceptors (Lipinski definition) is 4. The molecule has 0 aromatic heterocycles. The lowest BCUT2D eigenvalue weighted by atomic mass is 9.36. The summed E-state index contributed by atoms with van der Waals surface area (Å²) in [7, 11) is 0. The molecule has 2 N–H and O–H groups in total. The first-order valence-corrected chi connectivity index (χ1v) is 14.0. The lowest BCUT2D eigenvalue weighted by molar-refractivity contribution is -0.244. The van der Waals surface area contributed by atoms with Crippen LogP contribution in [0.15, 0.2) is 0 Å². The molecule has 0 unspecified atom stereocenters. The van der Waals surface area contributed by atoms with Gasteiger partial charge in [-0.25, -0.2) is 0 Å². The van der Waals surface area contributed by atoms with Gasteiger partial charge in [-0.1, -0.05) is 34.6 Å². The molecule has 5 heteroatoms. The van der Waals surface area contributed by atoms with Gasteiger partial charge in [-0.3, -0.25) is 4.79 Å². The molecular formula is C30H50O5. The van der Waals surface area contributed by atoms with Gasteiger partial charge in [0.2, 0.25) is 0 Å². The van der Waals surface area contributed by atoms with Gasteiger partial charge in [0.1, 0.15) is 6.29 Å². The van der Waals surface area contributed by atoms with Crippen molar-refractivity contribution in [3.05, 3.63) is 0 Å². The van der Waals surface area contributed by atoms with Crippen LogP contribution < -0.4 is 0 Å². The first-order chi connectivity index (χ1) is 16.0. The van der Waals surface area contributed by atoms with Gasteiger partial charge in [0.05, 0.1) is 23.7 Å². The molecule has 4 rings (SSSR count). The summed E-state index contributed by atoms with van der Waals surface area (Å²) in [6.45, 7) is 17.5. The average Bonchev–Trinajstić information content (AvgIpc) is 3.09. The third-order valence-corrected chi connectivity index (χ3v) is 12.1. The van der Waals surface area contributed by atoms with Gasteiger partial charge < -0.3 is 19.7 Å². The number of aliphatic hydroxyl groups is 1. The van der Waals surface area contributed by atoms with E-state index in [2.05, 4.69) is 41.5 Å². The Kier molecular flexibility index (Phi) is 6.41. The van der Waals surface area contributed by atoms with Crippen LogP contribution >= 0.6 is 0 Å². The number of rotatable bonds is 5. The van der Waals surface area contributed by atoms with Crippen LogP contribution in [0.3, 0.4) is 0 Å². The van der Waals surface area contributed by atoms with E-state index in [0.29, 0.717) is 12.3 Å². The Morgan fingerprint density at radius 2 is 1.63 bits per heavy atom. The molecule has 9 atom stereocenters. The number of aldehydes is 1. The number of fused-ring (bicyclic) bond motifs is 3. The van der Waals surface area contributed by atoms with Crippen LogP contribution in [0.25, 0.3) is 0 Å². The molecule has 1 heterocycles. The Hall–Kier alpha value is -0.940. The molecule has 1 saturated heterocycles. The predicted molar refractivity (Wildman–Crippen MR) is 137 cm³/mol. The number of carboxylic acid groups (broad SMARTS) is 1. The van der Waals surface area contributed by atoms with Crippen molar-refractivity contribution in [1.29, 1.82) is 0 Å². The Labute approximate surface area is 212 Å². The zero-order valence-electron chi connectivity index (χ0n) is 23.4. The van der Waals surface area contributed by atoms with E-state index in [1.54, 1.807) is 0 Å². The molecule has 4 aliphatic rings. The van der Waals surface area contributed by atoms with Crippen molar-refractivity contribution in [1.82, 2.24) is 0 Å². The summed E-state index contributed by atoms with van der Waals surface area (Å²) in [6, 6.07) is 0. The summed E-state index contributed by atoms with van der Waals surface area (Å²) in [5, 5.41) is 21.9. The molecule has 5 nitrogen and oxygen atoms in total. The van der Waals surface area contributed by atoms with Gasteiger partial charge in [-0.15, -0.1) is 0 Å². The monoisotopic (exact) mass is 490 g/mol. The smallest absolute Gasteiger partial charge is 0.303 e. The molecule has 200 valence electrons. The van der Waals surface area contributed by atoms with E-state index in [1.165, 1.54) is 0 Å². The fourth-order valence-electron chi connectivity index (χ4n) is 10.5. The van der Waals surface area contributed by atoms with E-state index >= 15 is 0 Å². The third-order valence-electron chi connectivity index (χ3n) is 12.1. The van der Waals surface area contributed by atoms with Crippen molar-refractivity contribution in [2.75, 3.05) is 0 Å². The first kappa shape index (κ1) is 27.1. The Morgan fingerprint density at radius 3 is 2.20 bits per heavy atom. The maximum Gasteiger partial charge on any atom is 0.303 e. The topological polar surface area (TPSA) is 83.8 Å². The quantitative estimate of drug-likeness (QED) is 0.444. The number of hydrogen-bond donors (Lipinski definition) is 2. The van der Waals surface area contributed by atoms with Crippen LogP contribution in [0, 0.1) is 45.3 Å². The molecule has 0 radical (unpaired) electrons. The van der Waals surface area contributed by atoms with Crippen molar-refractivity contribution in [2.24, 2.45) is 45.3 Å². The van der Waals surface area contributed by atoms with Gasteiger partial charge in [-0.2, -0.15) is 0 Å². The summed E-state index contributed by atoms with van der Waals surface area (Å²) in [5.74, 6) is -0.330. The van der Waals surface area contributed by atoms with Crippen molar-refractivity contribution in [3.8, 4) is 0 Å². The number of aliphatic carboxylic acids is 1. The minimum atomic E-state index is -0.806. The Morgan fingerprint density at radius 1 is 1.00 bits per heavy atom. The zero-order valence-corrected chi connectivity index (χ0v) is 23.4. The lowest BCUT2D eigenvalue weighted by Crippen LogP contribution is -2.65. The molecule has 3 aliphatic carbocycles. The molecule has 0 spiro atoms. The second kappa shape index (κ2) is 8.28. The number of carbonyl (C=O) groups is 2. The van der Waals surface area contributed by atoms with Crippen molar-refractivity contribution < 1.29 is 24.5 Å². The number of aliphatic hydroxyl groups excluding tert-OH is 1. The van der Waals surface area contributed by atoms with E-state index in [-0.39, 0.29) is 46.2 Å². The van der Waals surface area contributed by atoms with Gasteiger partial charge in [0.15, 0.2) is 0 Å². The normalized spacial score (nSPS) is 49.7. The molecular weight excluding hydrogens is 440 g/mol. The summed E-state index contributed by atoms with van der Waals surface area (Å²) in [5.41, 5.74) is -1.72. The van der Waals surface area contributed by atoms with E-state index in [1.807, 2.05) is 13.8 Å². The van der Waals surface area contributed by atoms with E-state index < -0.39 is 22.9 Å². The highest BCUT2D eigenvalue weighted by Crippen LogP contribution is 2.74. The predicted octanol–water partition coefficient (Wildman–Crippen LogP) is 6.26. The minimum absolute atomic E-state index is 0.0220. The molecule has 3 saturated carbocycles. The van der Waals surface area contributed by atoms with Gasteiger partial charge in [0.25, 0.3) is 0 Å². The number of ether oxygens (including phenoxy) is 1. The fraction of sp³-hybridized carbons (Fsp3) is 0.933. The molecule has 1 aliphatic heterocycles. The van der Waals surface area contributed by atoms with Crippen LogP contribution in [-0.4, -0.2) is 39.8 Å². The highest BCUT2D eigenvalue weighted by Gasteiger charge is 2.71. The van der Waals surface area contributed by atoms with Crippen LogP contribution in [0.5, 0.6) is 0 Å². The highest BCUT2D eigenvalue weighted by atomic mass is 16.5. The minimum Gasteiger partial charge on any atom is -0.481 e. The maximum atomic E-state index is 12.2. The second-order valence-corrected chi connectivity index (χ2v) is 15.0. The van der Waals surface area contributed by atoms with Crippen molar-refractivity contribution >= 4 is 12.3 Å². The van der Waals surface area contributed by atoms with E-state index in [4.69, 9.17) is 4.74 Å². The molecule has 0 aromatic rings. The second-order valence-electron chi connectivity index (χ2n) is 15.0. The van der Waals surface area contributed by atoms with Crippen molar-refractivity contribution in [2.45, 2.75) is 130 Å². The lowest BCUT2D eigenvalue weighted by Gasteiger charge is -2.68. The van der Waals surface area contributed by atoms with Crippen LogP contribution in [-0.2, 0) is 14.3 Å². The van der Waals surface area contributed by atoms with Crippen LogP contribution in [0.1, 0.15) is 113 Å². The fourth-order valence-corrected chi connectivity index (χ4v) is 10.5. The SMILES string of the molecule is CC1(C)CCC[C@](C)([C@H]2CC[C@]3(C)[C@@H]2[C@H](O)C[C@@H]2[C@@](C)(CC(=O)O)[C@H](C(C)(C)C=O)CC[C@]23C)O1. The zero-order chi connectivity index (χ0) is 26.2. The van der Waals surface area contributed by atoms with E-state index in [0.717, 1.165) is 51.2 Å². The molecule has 0 aromatic carbocycles. The van der Waals surface area contributed by atoms with Gasteiger partial charge in [0, 0.05) is 5.41 Å². The average molecular weight is 491 g/mol. The molecule has 0 amide bonds. The number of carboxylic acids is 1. The van der Waals surface area contributed by atoms with Crippen molar-refractivity contribution in [3.63, 3.8) is 0 Å². The molecule has 35 heavy (non-hydrogen) atoms. The third kappa shape index (κ3) is 3.93. The van der Waals surface area contributed by atoms with Crippen LogP contribution in [0.4, 0.5) is 0 Å². The van der Waals surface area contributed by atoms with Gasteiger partial charge >= 0.3 is 5.97 Å². The Bertz CT molecular complexity index is 865. The Balaban J connectivity index is 1.76. The first-order valence-electron chi connectivity index (χ1n) is 14.0. The summed E-state index contributed by atoms with van der Waals surface area (Å²) >= 11 is 0. The summed E-state index contributed by atoms with van der Waals surface area (Å²) in [4.78, 5) is 24.3. The van der Waals surface area contributed by atoms with E-state index in [9.17, 15) is 19.8 Å². The summed E-state index contributed by atoms with van der Waals surface area (Å²) in [6.07, 6.45) is 8.37. The van der Waals surface area contributed by atoms with Crippen LogP contribution in [0.2, 0.25) is 0 Å². The molecule has 4 fully saturated rings. The summed E-state index contributed by atoms with van der Waals surface area (Å²) < 4.78 is 6.80. The number of carbonyl (C=O) groups excluding carboxylic acids is 1.